The standard InChI is InChI=1S/C21H27N7O3S/c1-25-8-10-26(11-9-25)20-6-7-21(23-22-20)27-12-14-28(15-13-27)32(29,30)16-18-17-4-2-3-5-19(17)31-24-18/h2-7H,8-16H2,1H3. The van der Waals surface area contributed by atoms with Gasteiger partial charge in [0.05, 0.1) is 0 Å². The van der Waals surface area contributed by atoms with E-state index in [0.717, 1.165) is 43.2 Å². The van der Waals surface area contributed by atoms with Crippen molar-refractivity contribution >= 4 is 32.6 Å². The van der Waals surface area contributed by atoms with E-state index in [2.05, 4.69) is 37.1 Å². The SMILES string of the molecule is CN1CCN(c2ccc(N3CCN(S(=O)(=O)Cc4noc5ccccc45)CC3)nn2)CC1. The molecule has 0 aliphatic carbocycles. The molecule has 4 heterocycles. The van der Waals surface area contributed by atoms with E-state index in [1.807, 2.05) is 30.3 Å². The number of para-hydroxylation sites is 1. The van der Waals surface area contributed by atoms with Gasteiger partial charge in [0.2, 0.25) is 10.0 Å². The van der Waals surface area contributed by atoms with Gasteiger partial charge in [-0.05, 0) is 31.3 Å². The Kier molecular flexibility index (Phi) is 5.70. The van der Waals surface area contributed by atoms with Crippen LogP contribution in [0.5, 0.6) is 0 Å². The van der Waals surface area contributed by atoms with Crippen molar-refractivity contribution in [2.24, 2.45) is 0 Å². The molecule has 2 aromatic heterocycles. The molecule has 0 amide bonds. The molecule has 11 heteroatoms. The number of hydrogen-bond acceptors (Lipinski definition) is 9. The summed E-state index contributed by atoms with van der Waals surface area (Å²) in [5.41, 5.74) is 1.05. The average molecular weight is 458 g/mol. The molecule has 10 nitrogen and oxygen atoms in total. The summed E-state index contributed by atoms with van der Waals surface area (Å²) in [6.07, 6.45) is 0. The second kappa shape index (κ2) is 8.64. The largest absolute Gasteiger partial charge is 0.356 e. The molecule has 0 atom stereocenters. The Hall–Kier alpha value is -2.76. The minimum atomic E-state index is -3.49. The van der Waals surface area contributed by atoms with E-state index in [9.17, 15) is 8.42 Å². The maximum atomic E-state index is 13.0. The number of aromatic nitrogens is 3. The number of anilines is 2. The summed E-state index contributed by atoms with van der Waals surface area (Å²) < 4.78 is 32.7. The molecule has 2 fully saturated rings. The van der Waals surface area contributed by atoms with Crippen molar-refractivity contribution in [3.63, 3.8) is 0 Å². The summed E-state index contributed by atoms with van der Waals surface area (Å²) in [5.74, 6) is 1.51. The Balaban J connectivity index is 1.20. The first-order chi connectivity index (χ1) is 15.5. The van der Waals surface area contributed by atoms with Crippen molar-refractivity contribution in [2.75, 3.05) is 69.2 Å². The Labute approximate surface area is 187 Å². The van der Waals surface area contributed by atoms with Crippen molar-refractivity contribution in [3.05, 3.63) is 42.1 Å². The first kappa shape index (κ1) is 21.1. The molecule has 2 aliphatic heterocycles. The summed E-state index contributed by atoms with van der Waals surface area (Å²) in [4.78, 5) is 6.63. The molecular weight excluding hydrogens is 430 g/mol. The Bertz CT molecular complexity index is 1170. The van der Waals surface area contributed by atoms with Gasteiger partial charge >= 0.3 is 0 Å². The van der Waals surface area contributed by atoms with Crippen LogP contribution >= 0.6 is 0 Å². The van der Waals surface area contributed by atoms with Crippen LogP contribution in [0.1, 0.15) is 5.69 Å². The maximum absolute atomic E-state index is 13.0. The summed E-state index contributed by atoms with van der Waals surface area (Å²) in [7, 11) is -1.37. The lowest BCUT2D eigenvalue weighted by molar-refractivity contribution is 0.312. The van der Waals surface area contributed by atoms with Crippen LogP contribution < -0.4 is 9.80 Å². The molecule has 0 spiro atoms. The summed E-state index contributed by atoms with van der Waals surface area (Å²) in [6.45, 7) is 5.88. The molecule has 0 unspecified atom stereocenters. The van der Waals surface area contributed by atoms with Gasteiger partial charge in [0, 0.05) is 57.7 Å². The zero-order valence-corrected chi connectivity index (χ0v) is 18.9. The monoisotopic (exact) mass is 457 g/mol. The fraction of sp³-hybridized carbons (Fsp3) is 0.476. The Morgan fingerprint density at radius 3 is 2.06 bits per heavy atom. The zero-order chi connectivity index (χ0) is 22.1. The highest BCUT2D eigenvalue weighted by atomic mass is 32.2. The van der Waals surface area contributed by atoms with Gasteiger partial charge in [0.1, 0.15) is 11.4 Å². The van der Waals surface area contributed by atoms with Gasteiger partial charge in [0.15, 0.2) is 17.2 Å². The summed E-state index contributed by atoms with van der Waals surface area (Å²) >= 11 is 0. The van der Waals surface area contributed by atoms with Crippen LogP contribution in [0, 0.1) is 0 Å². The van der Waals surface area contributed by atoms with Crippen LogP contribution in [-0.2, 0) is 15.8 Å². The topological polar surface area (TPSA) is 98.9 Å². The van der Waals surface area contributed by atoms with E-state index in [-0.39, 0.29) is 5.75 Å². The lowest BCUT2D eigenvalue weighted by Gasteiger charge is -2.35. The third-order valence-electron chi connectivity index (χ3n) is 6.19. The molecule has 2 saturated heterocycles. The van der Waals surface area contributed by atoms with Crippen molar-refractivity contribution in [3.8, 4) is 0 Å². The quantitative estimate of drug-likeness (QED) is 0.556. The molecule has 3 aromatic rings. The Morgan fingerprint density at radius 2 is 1.44 bits per heavy atom. The number of fused-ring (bicyclic) bond motifs is 1. The molecule has 2 aliphatic rings. The van der Waals surface area contributed by atoms with Crippen LogP contribution in [-0.4, -0.2) is 92.4 Å². The number of rotatable bonds is 5. The van der Waals surface area contributed by atoms with Gasteiger partial charge in [0.25, 0.3) is 0 Å². The zero-order valence-electron chi connectivity index (χ0n) is 18.1. The lowest BCUT2D eigenvalue weighted by atomic mass is 10.2. The number of sulfonamides is 1. The van der Waals surface area contributed by atoms with E-state index in [0.29, 0.717) is 37.5 Å². The van der Waals surface area contributed by atoms with Crippen LogP contribution in [0.15, 0.2) is 40.9 Å². The van der Waals surface area contributed by atoms with E-state index < -0.39 is 10.0 Å². The number of piperazine rings is 2. The first-order valence-electron chi connectivity index (χ1n) is 10.8. The van der Waals surface area contributed by atoms with E-state index in [4.69, 9.17) is 4.52 Å². The third-order valence-corrected chi connectivity index (χ3v) is 7.98. The van der Waals surface area contributed by atoms with Crippen LogP contribution in [0.3, 0.4) is 0 Å². The smallest absolute Gasteiger partial charge is 0.220 e. The average Bonchev–Trinajstić information content (AvgIpc) is 3.22. The first-order valence-corrected chi connectivity index (χ1v) is 12.4. The molecule has 1 aromatic carbocycles. The van der Waals surface area contributed by atoms with Gasteiger partial charge in [-0.3, -0.25) is 0 Å². The van der Waals surface area contributed by atoms with Crippen molar-refractivity contribution in [1.29, 1.82) is 0 Å². The van der Waals surface area contributed by atoms with Gasteiger partial charge in [-0.15, -0.1) is 10.2 Å². The van der Waals surface area contributed by atoms with Crippen LogP contribution in [0.2, 0.25) is 0 Å². The molecule has 0 bridgehead atoms. The van der Waals surface area contributed by atoms with Gasteiger partial charge in [-0.2, -0.15) is 4.31 Å². The maximum Gasteiger partial charge on any atom is 0.220 e. The third kappa shape index (κ3) is 4.27. The molecule has 0 radical (unpaired) electrons. The highest BCUT2D eigenvalue weighted by Gasteiger charge is 2.29. The molecule has 5 rings (SSSR count). The fourth-order valence-corrected chi connectivity index (χ4v) is 5.65. The highest BCUT2D eigenvalue weighted by molar-refractivity contribution is 7.88. The van der Waals surface area contributed by atoms with Crippen molar-refractivity contribution in [1.82, 2.24) is 24.6 Å². The normalized spacial score (nSPS) is 19.0. The number of nitrogens with zero attached hydrogens (tertiary/aromatic N) is 7. The summed E-state index contributed by atoms with van der Waals surface area (Å²) in [6, 6.07) is 11.3. The van der Waals surface area contributed by atoms with E-state index in [1.54, 1.807) is 6.07 Å². The molecular formula is C21H27N7O3S. The summed E-state index contributed by atoms with van der Waals surface area (Å²) in [5, 5.41) is 13.5. The van der Waals surface area contributed by atoms with Gasteiger partial charge in [-0.1, -0.05) is 17.3 Å². The molecule has 0 saturated carbocycles. The minimum absolute atomic E-state index is 0.163. The highest BCUT2D eigenvalue weighted by Crippen LogP contribution is 2.23. The Morgan fingerprint density at radius 1 is 0.844 bits per heavy atom. The molecule has 32 heavy (non-hydrogen) atoms. The van der Waals surface area contributed by atoms with E-state index >= 15 is 0 Å². The van der Waals surface area contributed by atoms with Crippen LogP contribution in [0.4, 0.5) is 11.6 Å². The van der Waals surface area contributed by atoms with Crippen molar-refractivity contribution < 1.29 is 12.9 Å². The molecule has 170 valence electrons. The fourth-order valence-electron chi connectivity index (χ4n) is 4.19. The van der Waals surface area contributed by atoms with E-state index in [1.165, 1.54) is 4.31 Å². The second-order valence-corrected chi connectivity index (χ2v) is 10.3. The molecule has 0 N–H and O–H groups in total. The predicted molar refractivity (Wildman–Crippen MR) is 122 cm³/mol. The predicted octanol–water partition coefficient (Wildman–Crippen LogP) is 1.02. The van der Waals surface area contributed by atoms with Gasteiger partial charge in [-0.25, -0.2) is 8.42 Å². The van der Waals surface area contributed by atoms with Gasteiger partial charge < -0.3 is 19.2 Å². The number of likely N-dealkylation sites (N-methyl/N-ethyl adjacent to an activating group) is 1. The second-order valence-electron chi connectivity index (χ2n) is 8.31. The van der Waals surface area contributed by atoms with Crippen molar-refractivity contribution in [2.45, 2.75) is 5.75 Å². The lowest BCUT2D eigenvalue weighted by Crippen LogP contribution is -2.49. The van der Waals surface area contributed by atoms with Crippen LogP contribution in [0.25, 0.3) is 11.0 Å². The number of benzene rings is 1. The minimum Gasteiger partial charge on any atom is -0.356 e. The number of hydrogen-bond donors (Lipinski definition) is 0.